The van der Waals surface area contributed by atoms with Crippen LogP contribution in [0, 0.1) is 0 Å². The molecule has 1 aliphatic heterocycles. The van der Waals surface area contributed by atoms with Crippen molar-refractivity contribution in [2.45, 2.75) is 45.1 Å². The SMILES string of the molecule is CCCCCCCSC(=O)c1cccc(C2=C(NC)OC(c3ccccc3)C2=O)c1. The number of hydrogen-bond donors (Lipinski definition) is 1. The van der Waals surface area contributed by atoms with Crippen LogP contribution in [0.3, 0.4) is 0 Å². The molecule has 1 atom stereocenters. The van der Waals surface area contributed by atoms with Crippen LogP contribution in [0.4, 0.5) is 0 Å². The second-order valence-corrected chi connectivity index (χ2v) is 8.43. The smallest absolute Gasteiger partial charge is 0.219 e. The van der Waals surface area contributed by atoms with E-state index in [0.29, 0.717) is 22.6 Å². The molecule has 2 aromatic carbocycles. The predicted molar refractivity (Wildman–Crippen MR) is 123 cm³/mol. The Balaban J connectivity index is 1.71. The molecule has 5 heteroatoms. The summed E-state index contributed by atoms with van der Waals surface area (Å²) in [7, 11) is 1.74. The normalized spacial score (nSPS) is 15.9. The lowest BCUT2D eigenvalue weighted by atomic mass is 9.96. The van der Waals surface area contributed by atoms with E-state index < -0.39 is 6.10 Å². The van der Waals surface area contributed by atoms with Crippen molar-refractivity contribution in [3.8, 4) is 0 Å². The molecule has 0 aliphatic carbocycles. The summed E-state index contributed by atoms with van der Waals surface area (Å²) in [4.78, 5) is 25.8. The molecular weight excluding hydrogens is 394 g/mol. The minimum Gasteiger partial charge on any atom is -0.462 e. The molecule has 1 aliphatic rings. The number of hydrogen-bond acceptors (Lipinski definition) is 5. The number of carbonyl (C=O) groups excluding carboxylic acids is 2. The summed E-state index contributed by atoms with van der Waals surface area (Å²) < 4.78 is 5.92. The van der Waals surface area contributed by atoms with Gasteiger partial charge >= 0.3 is 0 Å². The average molecular weight is 424 g/mol. The lowest BCUT2D eigenvalue weighted by molar-refractivity contribution is -0.120. The van der Waals surface area contributed by atoms with Crippen LogP contribution in [0.2, 0.25) is 0 Å². The summed E-state index contributed by atoms with van der Waals surface area (Å²) >= 11 is 1.36. The van der Waals surface area contributed by atoms with E-state index >= 15 is 0 Å². The number of Topliss-reactive ketones (excluding diaryl/α,β-unsaturated/α-hetero) is 1. The first kappa shape index (κ1) is 22.2. The molecule has 0 saturated heterocycles. The quantitative estimate of drug-likeness (QED) is 0.493. The number of rotatable bonds is 10. The van der Waals surface area contributed by atoms with Gasteiger partial charge in [0.15, 0.2) is 12.0 Å². The largest absolute Gasteiger partial charge is 0.462 e. The fourth-order valence-electron chi connectivity index (χ4n) is 3.53. The zero-order chi connectivity index (χ0) is 21.3. The molecule has 0 saturated carbocycles. The summed E-state index contributed by atoms with van der Waals surface area (Å²) in [5.74, 6) is 1.18. The Bertz CT molecular complexity index is 908. The van der Waals surface area contributed by atoms with Crippen molar-refractivity contribution < 1.29 is 14.3 Å². The molecule has 0 radical (unpaired) electrons. The summed E-state index contributed by atoms with van der Waals surface area (Å²) in [6.45, 7) is 2.20. The van der Waals surface area contributed by atoms with Crippen LogP contribution in [0.5, 0.6) is 0 Å². The van der Waals surface area contributed by atoms with Gasteiger partial charge in [-0.15, -0.1) is 0 Å². The summed E-state index contributed by atoms with van der Waals surface area (Å²) in [6, 6.07) is 16.8. The zero-order valence-corrected chi connectivity index (χ0v) is 18.5. The number of ketones is 1. The van der Waals surface area contributed by atoms with Gasteiger partial charge in [-0.05, 0) is 18.1 Å². The molecule has 0 bridgehead atoms. The van der Waals surface area contributed by atoms with Gasteiger partial charge in [-0.3, -0.25) is 9.59 Å². The van der Waals surface area contributed by atoms with E-state index in [1.807, 2.05) is 48.5 Å². The van der Waals surface area contributed by atoms with Crippen molar-refractivity contribution in [1.82, 2.24) is 5.32 Å². The Morgan fingerprint density at radius 1 is 1.03 bits per heavy atom. The molecule has 4 nitrogen and oxygen atoms in total. The van der Waals surface area contributed by atoms with Crippen LogP contribution < -0.4 is 5.32 Å². The molecule has 0 spiro atoms. The number of carbonyl (C=O) groups is 2. The average Bonchev–Trinajstić information content (AvgIpc) is 3.13. The standard InChI is InChI=1S/C25H29NO3S/c1-3-4-5-6-10-16-30-25(28)20-15-11-14-19(17-20)21-22(27)23(29-24(21)26-2)18-12-8-7-9-13-18/h7-9,11-15,17,23,26H,3-6,10,16H2,1-2H3. The number of thioether (sulfide) groups is 1. The van der Waals surface area contributed by atoms with Crippen LogP contribution in [-0.4, -0.2) is 23.7 Å². The fraction of sp³-hybridized carbons (Fsp3) is 0.360. The van der Waals surface area contributed by atoms with Gasteiger partial charge in [0.2, 0.25) is 10.9 Å². The molecule has 3 rings (SSSR count). The number of nitrogens with one attached hydrogen (secondary N) is 1. The lowest BCUT2D eigenvalue weighted by Crippen LogP contribution is -2.10. The van der Waals surface area contributed by atoms with E-state index in [2.05, 4.69) is 12.2 Å². The number of ether oxygens (including phenoxy) is 1. The van der Waals surface area contributed by atoms with E-state index in [1.165, 1.54) is 37.4 Å². The second-order valence-electron chi connectivity index (χ2n) is 7.36. The second kappa shape index (κ2) is 11.0. The minimum atomic E-state index is -0.666. The molecule has 0 fully saturated rings. The van der Waals surface area contributed by atoms with E-state index in [4.69, 9.17) is 4.74 Å². The monoisotopic (exact) mass is 423 g/mol. The van der Waals surface area contributed by atoms with E-state index in [-0.39, 0.29) is 10.9 Å². The Hall–Kier alpha value is -2.53. The Kier molecular flexibility index (Phi) is 8.14. The van der Waals surface area contributed by atoms with Crippen molar-refractivity contribution in [1.29, 1.82) is 0 Å². The van der Waals surface area contributed by atoms with Crippen LogP contribution in [0.1, 0.15) is 66.6 Å². The molecule has 1 N–H and O–H groups in total. The van der Waals surface area contributed by atoms with Crippen LogP contribution in [-0.2, 0) is 9.53 Å². The molecule has 1 heterocycles. The third kappa shape index (κ3) is 5.33. The molecular formula is C25H29NO3S. The first-order valence-corrected chi connectivity index (χ1v) is 11.6. The summed E-state index contributed by atoms with van der Waals surface area (Å²) in [5, 5.41) is 3.04. The number of unbranched alkanes of at least 4 members (excludes halogenated alkanes) is 4. The molecule has 1 unspecified atom stereocenters. The molecule has 158 valence electrons. The van der Waals surface area contributed by atoms with Gasteiger partial charge in [0.05, 0.1) is 5.57 Å². The van der Waals surface area contributed by atoms with Crippen molar-refractivity contribution in [3.05, 3.63) is 77.2 Å². The van der Waals surface area contributed by atoms with E-state index in [1.54, 1.807) is 13.1 Å². The molecule has 0 aromatic heterocycles. The van der Waals surface area contributed by atoms with Crippen LogP contribution in [0.25, 0.3) is 5.57 Å². The molecule has 30 heavy (non-hydrogen) atoms. The van der Waals surface area contributed by atoms with Gasteiger partial charge in [0.25, 0.3) is 0 Å². The van der Waals surface area contributed by atoms with Gasteiger partial charge in [0, 0.05) is 23.9 Å². The van der Waals surface area contributed by atoms with E-state index in [0.717, 1.165) is 17.7 Å². The van der Waals surface area contributed by atoms with E-state index in [9.17, 15) is 9.59 Å². The Morgan fingerprint density at radius 3 is 2.53 bits per heavy atom. The molecule has 2 aromatic rings. The lowest BCUT2D eigenvalue weighted by Gasteiger charge is -2.11. The highest BCUT2D eigenvalue weighted by molar-refractivity contribution is 8.14. The highest BCUT2D eigenvalue weighted by Gasteiger charge is 2.36. The van der Waals surface area contributed by atoms with Crippen LogP contribution in [0.15, 0.2) is 60.5 Å². The van der Waals surface area contributed by atoms with Gasteiger partial charge in [-0.1, -0.05) is 92.9 Å². The predicted octanol–water partition coefficient (Wildman–Crippen LogP) is 5.76. The van der Waals surface area contributed by atoms with Crippen molar-refractivity contribution in [3.63, 3.8) is 0 Å². The van der Waals surface area contributed by atoms with Gasteiger partial charge in [-0.25, -0.2) is 0 Å². The fourth-order valence-corrected chi connectivity index (χ4v) is 4.36. The van der Waals surface area contributed by atoms with Gasteiger partial charge in [-0.2, -0.15) is 0 Å². The van der Waals surface area contributed by atoms with Gasteiger partial charge < -0.3 is 10.1 Å². The maximum absolute atomic E-state index is 13.1. The summed E-state index contributed by atoms with van der Waals surface area (Å²) in [6.07, 6.45) is 5.25. The topological polar surface area (TPSA) is 55.4 Å². The van der Waals surface area contributed by atoms with Gasteiger partial charge in [0.1, 0.15) is 0 Å². The Morgan fingerprint density at radius 2 is 1.80 bits per heavy atom. The first-order valence-electron chi connectivity index (χ1n) is 10.6. The zero-order valence-electron chi connectivity index (χ0n) is 17.6. The van der Waals surface area contributed by atoms with Crippen molar-refractivity contribution in [2.75, 3.05) is 12.8 Å². The minimum absolute atomic E-state index is 0.0462. The highest BCUT2D eigenvalue weighted by Crippen LogP contribution is 2.37. The third-order valence-electron chi connectivity index (χ3n) is 5.14. The Labute approximate surface area is 183 Å². The summed E-state index contributed by atoms with van der Waals surface area (Å²) in [5.41, 5.74) is 2.63. The highest BCUT2D eigenvalue weighted by atomic mass is 32.2. The van der Waals surface area contributed by atoms with Crippen LogP contribution >= 0.6 is 11.8 Å². The van der Waals surface area contributed by atoms with Crippen molar-refractivity contribution in [2.24, 2.45) is 0 Å². The van der Waals surface area contributed by atoms with Crippen molar-refractivity contribution >= 4 is 28.2 Å². The maximum Gasteiger partial charge on any atom is 0.219 e. The first-order chi connectivity index (χ1) is 14.7. The maximum atomic E-state index is 13.1. The number of benzene rings is 2. The molecule has 0 amide bonds. The third-order valence-corrected chi connectivity index (χ3v) is 6.14.